The van der Waals surface area contributed by atoms with Crippen LogP contribution in [0.25, 0.3) is 21.8 Å². The molecule has 0 saturated heterocycles. The van der Waals surface area contributed by atoms with E-state index in [1.54, 1.807) is 18.4 Å². The number of aromatic amines is 1. The zero-order valence-electron chi connectivity index (χ0n) is 13.3. The molecule has 0 saturated carbocycles. The van der Waals surface area contributed by atoms with Gasteiger partial charge in [0, 0.05) is 11.9 Å². The van der Waals surface area contributed by atoms with Gasteiger partial charge >= 0.3 is 0 Å². The summed E-state index contributed by atoms with van der Waals surface area (Å²) in [5.41, 5.74) is 6.68. The number of benzene rings is 1. The summed E-state index contributed by atoms with van der Waals surface area (Å²) < 4.78 is 1.73. The van der Waals surface area contributed by atoms with Crippen molar-refractivity contribution >= 4 is 21.8 Å². The summed E-state index contributed by atoms with van der Waals surface area (Å²) >= 11 is 0. The molecule has 0 radical (unpaired) electrons. The minimum absolute atomic E-state index is 0.126. The summed E-state index contributed by atoms with van der Waals surface area (Å²) in [5, 5.41) is 18.0. The molecular weight excluding hydrogens is 290 g/mol. The minimum atomic E-state index is -0.817. The van der Waals surface area contributed by atoms with E-state index >= 15 is 0 Å². The van der Waals surface area contributed by atoms with Crippen molar-refractivity contribution in [3.8, 4) is 6.07 Å². The number of para-hydroxylation sites is 1. The Labute approximate surface area is 133 Å². The number of pyridine rings is 1. The maximum absolute atomic E-state index is 13.0. The van der Waals surface area contributed by atoms with E-state index in [0.717, 1.165) is 10.9 Å². The molecule has 0 atom stereocenters. The predicted molar refractivity (Wildman–Crippen MR) is 90.2 cm³/mol. The molecule has 2 aromatic heterocycles. The van der Waals surface area contributed by atoms with Crippen LogP contribution in [0.2, 0.25) is 0 Å². The Bertz CT molecular complexity index is 974. The van der Waals surface area contributed by atoms with E-state index in [9.17, 15) is 10.1 Å². The lowest BCUT2D eigenvalue weighted by atomic mass is 9.89. The number of aromatic nitrogens is 3. The van der Waals surface area contributed by atoms with Gasteiger partial charge in [0.15, 0.2) is 0 Å². The molecule has 0 bridgehead atoms. The molecular formula is C17H19N5O. The van der Waals surface area contributed by atoms with Crippen LogP contribution in [0.3, 0.4) is 0 Å². The summed E-state index contributed by atoms with van der Waals surface area (Å²) in [7, 11) is 0. The number of nitrogens with two attached hydrogens (primary N) is 1. The first-order chi connectivity index (χ1) is 11.0. The van der Waals surface area contributed by atoms with Crippen LogP contribution in [0.5, 0.6) is 0 Å². The SMILES string of the molecule is CC(C)(C#N)c1[nH]nc2c1c(=O)n(CCCN)c1ccccc21. The fourth-order valence-corrected chi connectivity index (χ4v) is 2.88. The van der Waals surface area contributed by atoms with Crippen molar-refractivity contribution in [1.29, 1.82) is 5.26 Å². The van der Waals surface area contributed by atoms with Crippen LogP contribution < -0.4 is 11.3 Å². The van der Waals surface area contributed by atoms with Crippen molar-refractivity contribution in [2.24, 2.45) is 5.73 Å². The second-order valence-electron chi connectivity index (χ2n) is 6.18. The summed E-state index contributed by atoms with van der Waals surface area (Å²) in [6.45, 7) is 4.61. The van der Waals surface area contributed by atoms with Crippen molar-refractivity contribution < 1.29 is 0 Å². The van der Waals surface area contributed by atoms with Crippen molar-refractivity contribution in [3.63, 3.8) is 0 Å². The van der Waals surface area contributed by atoms with Crippen molar-refractivity contribution in [2.45, 2.75) is 32.2 Å². The van der Waals surface area contributed by atoms with Gasteiger partial charge in [0.25, 0.3) is 5.56 Å². The Hall–Kier alpha value is -2.65. The number of hydrogen-bond acceptors (Lipinski definition) is 4. The molecule has 23 heavy (non-hydrogen) atoms. The molecule has 0 aliphatic rings. The summed E-state index contributed by atoms with van der Waals surface area (Å²) in [6, 6.07) is 9.91. The molecule has 3 aromatic rings. The highest BCUT2D eigenvalue weighted by Gasteiger charge is 2.28. The largest absolute Gasteiger partial charge is 0.330 e. The normalized spacial score (nSPS) is 11.9. The quantitative estimate of drug-likeness (QED) is 0.770. The Kier molecular flexibility index (Phi) is 3.66. The molecule has 6 nitrogen and oxygen atoms in total. The molecule has 0 aliphatic carbocycles. The van der Waals surface area contributed by atoms with Crippen LogP contribution in [0.15, 0.2) is 29.1 Å². The Morgan fingerprint density at radius 1 is 1.39 bits per heavy atom. The van der Waals surface area contributed by atoms with E-state index in [0.29, 0.717) is 36.1 Å². The zero-order chi connectivity index (χ0) is 16.6. The highest BCUT2D eigenvalue weighted by Crippen LogP contribution is 2.29. The summed E-state index contributed by atoms with van der Waals surface area (Å²) in [5.74, 6) is 0. The molecule has 0 spiro atoms. The van der Waals surface area contributed by atoms with Crippen LogP contribution in [-0.2, 0) is 12.0 Å². The second-order valence-corrected chi connectivity index (χ2v) is 6.18. The number of hydrogen-bond donors (Lipinski definition) is 2. The number of nitrogens with one attached hydrogen (secondary N) is 1. The lowest BCUT2D eigenvalue weighted by Gasteiger charge is -2.15. The van der Waals surface area contributed by atoms with Crippen LogP contribution in [0.4, 0.5) is 0 Å². The molecule has 2 heterocycles. The van der Waals surface area contributed by atoms with Crippen LogP contribution >= 0.6 is 0 Å². The fourth-order valence-electron chi connectivity index (χ4n) is 2.88. The van der Waals surface area contributed by atoms with E-state index in [-0.39, 0.29) is 5.56 Å². The van der Waals surface area contributed by atoms with E-state index < -0.39 is 5.41 Å². The van der Waals surface area contributed by atoms with Gasteiger partial charge in [0.1, 0.15) is 5.52 Å². The maximum Gasteiger partial charge on any atom is 0.262 e. The first-order valence-corrected chi connectivity index (χ1v) is 7.62. The molecule has 0 aliphatic heterocycles. The molecule has 6 heteroatoms. The lowest BCUT2D eigenvalue weighted by Crippen LogP contribution is -2.25. The highest BCUT2D eigenvalue weighted by molar-refractivity contribution is 6.04. The van der Waals surface area contributed by atoms with Gasteiger partial charge in [-0.15, -0.1) is 0 Å². The van der Waals surface area contributed by atoms with Gasteiger partial charge in [-0.05, 0) is 32.9 Å². The predicted octanol–water partition coefficient (Wildman–Crippen LogP) is 2.03. The third kappa shape index (κ3) is 2.30. The first-order valence-electron chi connectivity index (χ1n) is 7.62. The number of aryl methyl sites for hydroxylation is 1. The number of nitrogens with zero attached hydrogens (tertiary/aromatic N) is 3. The zero-order valence-corrected chi connectivity index (χ0v) is 13.3. The van der Waals surface area contributed by atoms with Crippen LogP contribution in [0.1, 0.15) is 26.0 Å². The van der Waals surface area contributed by atoms with Gasteiger partial charge in [0.2, 0.25) is 0 Å². The molecule has 3 rings (SSSR count). The molecule has 118 valence electrons. The summed E-state index contributed by atoms with van der Waals surface area (Å²) in [4.78, 5) is 13.0. The Morgan fingerprint density at radius 3 is 2.83 bits per heavy atom. The van der Waals surface area contributed by atoms with Gasteiger partial charge in [-0.1, -0.05) is 18.2 Å². The second kappa shape index (κ2) is 5.52. The van der Waals surface area contributed by atoms with Gasteiger partial charge in [-0.2, -0.15) is 10.4 Å². The topological polar surface area (TPSA) is 100 Å². The van der Waals surface area contributed by atoms with Crippen LogP contribution in [0, 0.1) is 11.3 Å². The standard InChI is InChI=1S/C17H19N5O/c1-17(2,10-19)15-13-14(20-21-15)11-6-3-4-7-12(11)22(16(13)23)9-5-8-18/h3-4,6-7H,5,8-9,18H2,1-2H3,(H,20,21). The van der Waals surface area contributed by atoms with E-state index in [2.05, 4.69) is 16.3 Å². The average molecular weight is 309 g/mol. The van der Waals surface area contributed by atoms with Crippen LogP contribution in [-0.4, -0.2) is 21.3 Å². The minimum Gasteiger partial charge on any atom is -0.330 e. The average Bonchev–Trinajstić information content (AvgIpc) is 3.01. The van der Waals surface area contributed by atoms with Gasteiger partial charge in [0.05, 0.1) is 28.1 Å². The maximum atomic E-state index is 13.0. The number of fused-ring (bicyclic) bond motifs is 3. The molecule has 1 aromatic carbocycles. The smallest absolute Gasteiger partial charge is 0.262 e. The van der Waals surface area contributed by atoms with E-state index in [1.165, 1.54) is 0 Å². The molecule has 0 unspecified atom stereocenters. The van der Waals surface area contributed by atoms with Crippen molar-refractivity contribution in [1.82, 2.24) is 14.8 Å². The Morgan fingerprint density at radius 2 is 2.13 bits per heavy atom. The number of nitriles is 1. The van der Waals surface area contributed by atoms with Gasteiger partial charge in [-0.25, -0.2) is 0 Å². The van der Waals surface area contributed by atoms with Crippen molar-refractivity contribution in [2.75, 3.05) is 6.54 Å². The lowest BCUT2D eigenvalue weighted by molar-refractivity contribution is 0.645. The molecule has 3 N–H and O–H groups in total. The number of rotatable bonds is 4. The van der Waals surface area contributed by atoms with E-state index in [1.807, 2.05) is 24.3 Å². The third-order valence-electron chi connectivity index (χ3n) is 4.17. The molecule has 0 amide bonds. The van der Waals surface area contributed by atoms with Gasteiger partial charge in [-0.3, -0.25) is 9.89 Å². The van der Waals surface area contributed by atoms with Gasteiger partial charge < -0.3 is 10.3 Å². The van der Waals surface area contributed by atoms with Crippen molar-refractivity contribution in [3.05, 3.63) is 40.3 Å². The Balaban J connectivity index is 2.46. The third-order valence-corrected chi connectivity index (χ3v) is 4.17. The first kappa shape index (κ1) is 15.3. The molecule has 0 fully saturated rings. The number of H-pyrrole nitrogens is 1. The van der Waals surface area contributed by atoms with E-state index in [4.69, 9.17) is 5.73 Å². The summed E-state index contributed by atoms with van der Waals surface area (Å²) in [6.07, 6.45) is 0.713. The highest BCUT2D eigenvalue weighted by atomic mass is 16.1. The fraction of sp³-hybridized carbons (Fsp3) is 0.353. The monoisotopic (exact) mass is 309 g/mol.